The second kappa shape index (κ2) is 6.89. The highest BCUT2D eigenvalue weighted by Crippen LogP contribution is 2.13. The van der Waals surface area contributed by atoms with Crippen LogP contribution < -0.4 is 5.73 Å². The second-order valence-electron chi connectivity index (χ2n) is 4.32. The van der Waals surface area contributed by atoms with Gasteiger partial charge >= 0.3 is 0 Å². The number of nitrogens with zero attached hydrogens (tertiary/aromatic N) is 1. The molecule has 0 spiro atoms. The molecular weight excluding hydrogens is 220 g/mol. The summed E-state index contributed by atoms with van der Waals surface area (Å²) in [5, 5.41) is 0.794. The van der Waals surface area contributed by atoms with Crippen molar-refractivity contribution < 1.29 is 0 Å². The molecule has 1 rings (SSSR count). The molecule has 2 nitrogen and oxygen atoms in total. The van der Waals surface area contributed by atoms with Crippen LogP contribution in [0.2, 0.25) is 5.02 Å². The lowest BCUT2D eigenvalue weighted by Gasteiger charge is -2.24. The van der Waals surface area contributed by atoms with E-state index in [1.54, 1.807) is 0 Å². The van der Waals surface area contributed by atoms with Crippen molar-refractivity contribution in [1.82, 2.24) is 4.90 Å². The number of hydrogen-bond donors (Lipinski definition) is 1. The molecule has 1 unspecified atom stereocenters. The van der Waals surface area contributed by atoms with Gasteiger partial charge in [-0.3, -0.25) is 4.90 Å². The van der Waals surface area contributed by atoms with Gasteiger partial charge in [-0.05, 0) is 51.1 Å². The third kappa shape index (κ3) is 4.52. The van der Waals surface area contributed by atoms with Crippen LogP contribution in [0, 0.1) is 0 Å². The summed E-state index contributed by atoms with van der Waals surface area (Å²) < 4.78 is 0. The Balaban J connectivity index is 2.43. The normalized spacial score (nSPS) is 13.1. The van der Waals surface area contributed by atoms with Crippen molar-refractivity contribution in [3.8, 4) is 0 Å². The summed E-state index contributed by atoms with van der Waals surface area (Å²) in [5.41, 5.74) is 6.81. The maximum Gasteiger partial charge on any atom is 0.0406 e. The van der Waals surface area contributed by atoms with E-state index in [0.29, 0.717) is 6.04 Å². The monoisotopic (exact) mass is 240 g/mol. The molecule has 0 aliphatic heterocycles. The molecule has 0 aromatic heterocycles. The minimum atomic E-state index is 0.569. The van der Waals surface area contributed by atoms with Crippen molar-refractivity contribution in [2.24, 2.45) is 5.73 Å². The number of nitrogens with two attached hydrogens (primary N) is 1. The number of hydrogen-bond acceptors (Lipinski definition) is 2. The third-order valence-corrected chi connectivity index (χ3v) is 3.18. The van der Waals surface area contributed by atoms with Gasteiger partial charge < -0.3 is 5.73 Å². The first-order valence-corrected chi connectivity index (χ1v) is 6.16. The fourth-order valence-corrected chi connectivity index (χ4v) is 1.79. The summed E-state index contributed by atoms with van der Waals surface area (Å²) in [4.78, 5) is 2.35. The zero-order valence-electron chi connectivity index (χ0n) is 10.1. The van der Waals surface area contributed by atoms with E-state index in [2.05, 4.69) is 31.0 Å². The van der Waals surface area contributed by atoms with Crippen molar-refractivity contribution in [3.05, 3.63) is 34.9 Å². The van der Waals surface area contributed by atoms with E-state index in [1.165, 1.54) is 5.56 Å². The maximum absolute atomic E-state index is 5.85. The molecule has 90 valence electrons. The predicted octanol–water partition coefficient (Wildman–Crippen LogP) is 2.90. The molecule has 0 saturated carbocycles. The molecule has 0 aliphatic carbocycles. The van der Waals surface area contributed by atoms with Gasteiger partial charge in [0.15, 0.2) is 0 Å². The lowest BCUT2D eigenvalue weighted by molar-refractivity contribution is 0.235. The molecule has 0 saturated heterocycles. The molecular formula is C13H21ClN2. The fraction of sp³-hybridized carbons (Fsp3) is 0.538. The van der Waals surface area contributed by atoms with Gasteiger partial charge in [0.25, 0.3) is 0 Å². The Morgan fingerprint density at radius 1 is 1.31 bits per heavy atom. The molecule has 0 fully saturated rings. The van der Waals surface area contributed by atoms with Crippen LogP contribution >= 0.6 is 11.6 Å². The van der Waals surface area contributed by atoms with Crippen molar-refractivity contribution in [2.45, 2.75) is 32.4 Å². The van der Waals surface area contributed by atoms with Crippen LogP contribution in [0.5, 0.6) is 0 Å². The first-order chi connectivity index (χ1) is 7.63. The average molecular weight is 241 g/mol. The van der Waals surface area contributed by atoms with Gasteiger partial charge in [-0.25, -0.2) is 0 Å². The van der Waals surface area contributed by atoms with Crippen LogP contribution in [0.4, 0.5) is 0 Å². The Morgan fingerprint density at radius 2 is 1.94 bits per heavy atom. The molecule has 3 heteroatoms. The topological polar surface area (TPSA) is 29.3 Å². The number of benzene rings is 1. The quantitative estimate of drug-likeness (QED) is 0.829. The standard InChI is InChI=1S/C13H21ClN2/c1-11(4-3-9-15)16(2)10-12-5-7-13(14)8-6-12/h5-8,11H,3-4,9-10,15H2,1-2H3. The van der Waals surface area contributed by atoms with Crippen molar-refractivity contribution in [3.63, 3.8) is 0 Å². The fourth-order valence-electron chi connectivity index (χ4n) is 1.67. The summed E-state index contributed by atoms with van der Waals surface area (Å²) >= 11 is 5.85. The molecule has 1 atom stereocenters. The van der Waals surface area contributed by atoms with Crippen LogP contribution in [0.15, 0.2) is 24.3 Å². The highest BCUT2D eigenvalue weighted by molar-refractivity contribution is 6.30. The first kappa shape index (κ1) is 13.5. The second-order valence-corrected chi connectivity index (χ2v) is 4.76. The van der Waals surface area contributed by atoms with E-state index in [1.807, 2.05) is 12.1 Å². The van der Waals surface area contributed by atoms with Gasteiger partial charge in [-0.1, -0.05) is 23.7 Å². The van der Waals surface area contributed by atoms with Gasteiger partial charge in [0.2, 0.25) is 0 Å². The lowest BCUT2D eigenvalue weighted by atomic mass is 10.1. The maximum atomic E-state index is 5.85. The summed E-state index contributed by atoms with van der Waals surface area (Å²) in [6.07, 6.45) is 2.24. The Bertz CT molecular complexity index is 297. The van der Waals surface area contributed by atoms with E-state index in [-0.39, 0.29) is 0 Å². The van der Waals surface area contributed by atoms with Gasteiger partial charge in [-0.15, -0.1) is 0 Å². The molecule has 16 heavy (non-hydrogen) atoms. The van der Waals surface area contributed by atoms with Gasteiger partial charge in [-0.2, -0.15) is 0 Å². The summed E-state index contributed by atoms with van der Waals surface area (Å²) in [6.45, 7) is 3.98. The van der Waals surface area contributed by atoms with Crippen molar-refractivity contribution >= 4 is 11.6 Å². The van der Waals surface area contributed by atoms with E-state index in [4.69, 9.17) is 17.3 Å². The van der Waals surface area contributed by atoms with Crippen LogP contribution in [0.3, 0.4) is 0 Å². The van der Waals surface area contributed by atoms with Gasteiger partial charge in [0.05, 0.1) is 0 Å². The Kier molecular flexibility index (Phi) is 5.81. The molecule has 0 heterocycles. The lowest BCUT2D eigenvalue weighted by Crippen LogP contribution is -2.29. The third-order valence-electron chi connectivity index (χ3n) is 2.92. The van der Waals surface area contributed by atoms with E-state index in [0.717, 1.165) is 31.0 Å². The number of halogens is 1. The van der Waals surface area contributed by atoms with Crippen LogP contribution in [0.25, 0.3) is 0 Å². The molecule has 2 N–H and O–H groups in total. The summed E-state index contributed by atoms with van der Waals surface area (Å²) in [6, 6.07) is 8.60. The zero-order chi connectivity index (χ0) is 12.0. The minimum absolute atomic E-state index is 0.569. The predicted molar refractivity (Wildman–Crippen MR) is 70.7 cm³/mol. The molecule has 1 aromatic carbocycles. The van der Waals surface area contributed by atoms with Crippen molar-refractivity contribution in [1.29, 1.82) is 0 Å². The highest BCUT2D eigenvalue weighted by atomic mass is 35.5. The molecule has 0 aliphatic rings. The highest BCUT2D eigenvalue weighted by Gasteiger charge is 2.08. The van der Waals surface area contributed by atoms with Crippen molar-refractivity contribution in [2.75, 3.05) is 13.6 Å². The van der Waals surface area contributed by atoms with Crippen LogP contribution in [0.1, 0.15) is 25.3 Å². The molecule has 0 bridgehead atoms. The van der Waals surface area contributed by atoms with Gasteiger partial charge in [0, 0.05) is 17.6 Å². The van der Waals surface area contributed by atoms with Crippen LogP contribution in [-0.4, -0.2) is 24.5 Å². The molecule has 0 amide bonds. The zero-order valence-corrected chi connectivity index (χ0v) is 10.9. The Morgan fingerprint density at radius 3 is 2.50 bits per heavy atom. The molecule has 0 radical (unpaired) electrons. The average Bonchev–Trinajstić information content (AvgIpc) is 2.29. The summed E-state index contributed by atoms with van der Waals surface area (Å²) in [5.74, 6) is 0. The van der Waals surface area contributed by atoms with E-state index >= 15 is 0 Å². The number of rotatable bonds is 6. The smallest absolute Gasteiger partial charge is 0.0406 e. The van der Waals surface area contributed by atoms with E-state index in [9.17, 15) is 0 Å². The minimum Gasteiger partial charge on any atom is -0.330 e. The van der Waals surface area contributed by atoms with Crippen LogP contribution in [-0.2, 0) is 6.54 Å². The Labute approximate surface area is 103 Å². The largest absolute Gasteiger partial charge is 0.330 e. The summed E-state index contributed by atoms with van der Waals surface area (Å²) in [7, 11) is 2.15. The SMILES string of the molecule is CC(CCCN)N(C)Cc1ccc(Cl)cc1. The first-order valence-electron chi connectivity index (χ1n) is 5.78. The molecule has 1 aromatic rings. The van der Waals surface area contributed by atoms with E-state index < -0.39 is 0 Å². The Hall–Kier alpha value is -0.570. The van der Waals surface area contributed by atoms with Gasteiger partial charge in [0.1, 0.15) is 0 Å².